The number of rotatable bonds is 8. The Morgan fingerprint density at radius 1 is 1.26 bits per heavy atom. The van der Waals surface area contributed by atoms with Crippen LogP contribution >= 0.6 is 0 Å². The van der Waals surface area contributed by atoms with Crippen molar-refractivity contribution in [2.75, 3.05) is 23.7 Å². The Labute approximate surface area is 177 Å². The zero-order valence-corrected chi connectivity index (χ0v) is 16.7. The van der Waals surface area contributed by atoms with Crippen molar-refractivity contribution in [2.24, 2.45) is 17.4 Å². The van der Waals surface area contributed by atoms with Crippen molar-refractivity contribution < 1.29 is 14.4 Å². The Hall–Kier alpha value is -4.27. The van der Waals surface area contributed by atoms with Crippen LogP contribution in [0.4, 0.5) is 17.3 Å². The number of anilines is 3. The molecule has 2 aromatic rings. The Kier molecular flexibility index (Phi) is 6.25. The molecule has 3 amide bonds. The predicted molar refractivity (Wildman–Crippen MR) is 110 cm³/mol. The van der Waals surface area contributed by atoms with E-state index in [1.54, 1.807) is 13.0 Å². The Balaban J connectivity index is 1.76. The van der Waals surface area contributed by atoms with Crippen LogP contribution in [0.5, 0.6) is 0 Å². The molecule has 0 spiro atoms. The zero-order valence-electron chi connectivity index (χ0n) is 16.7. The molecule has 1 fully saturated rings. The van der Waals surface area contributed by atoms with Crippen molar-refractivity contribution in [3.05, 3.63) is 35.9 Å². The minimum atomic E-state index is -0.798. The van der Waals surface area contributed by atoms with E-state index in [0.29, 0.717) is 25.2 Å². The van der Waals surface area contributed by atoms with Gasteiger partial charge in [0.25, 0.3) is 11.8 Å². The van der Waals surface area contributed by atoms with Crippen LogP contribution in [0.2, 0.25) is 0 Å². The highest BCUT2D eigenvalue weighted by atomic mass is 16.2. The third-order valence-electron chi connectivity index (χ3n) is 4.68. The smallest absolute Gasteiger partial charge is 0.272 e. The number of nitrogens with two attached hydrogens (primary N) is 2. The third-order valence-corrected chi connectivity index (χ3v) is 4.68. The minimum Gasteiger partial charge on any atom is -0.368 e. The van der Waals surface area contributed by atoms with Crippen LogP contribution in [0.3, 0.4) is 0 Å². The maximum atomic E-state index is 12.3. The predicted octanol–water partition coefficient (Wildman–Crippen LogP) is -0.0145. The Morgan fingerprint density at radius 3 is 2.55 bits per heavy atom. The second-order valence-corrected chi connectivity index (χ2v) is 6.92. The second kappa shape index (κ2) is 9.04. The Bertz CT molecular complexity index is 1040. The molecule has 1 aliphatic heterocycles. The third kappa shape index (κ3) is 4.84. The normalized spacial score (nSPS) is 14.1. The van der Waals surface area contributed by atoms with Crippen LogP contribution in [-0.2, 0) is 4.79 Å². The molecule has 0 aromatic carbocycles. The number of amides is 3. The molecule has 0 saturated carbocycles. The monoisotopic (exact) mass is 423 g/mol. The van der Waals surface area contributed by atoms with Gasteiger partial charge in [0.1, 0.15) is 17.6 Å². The number of nitriles is 1. The highest BCUT2D eigenvalue weighted by Crippen LogP contribution is 2.21. The van der Waals surface area contributed by atoms with E-state index in [-0.39, 0.29) is 34.8 Å². The second-order valence-electron chi connectivity index (χ2n) is 6.92. The van der Waals surface area contributed by atoms with Crippen LogP contribution in [-0.4, -0.2) is 56.7 Å². The lowest BCUT2D eigenvalue weighted by molar-refractivity contribution is -0.118. The number of carbonyl (C=O) groups is 3. The van der Waals surface area contributed by atoms with Gasteiger partial charge >= 0.3 is 0 Å². The fourth-order valence-corrected chi connectivity index (χ4v) is 2.90. The van der Waals surface area contributed by atoms with Crippen molar-refractivity contribution in [3.63, 3.8) is 0 Å². The molecule has 31 heavy (non-hydrogen) atoms. The molecule has 1 atom stereocenters. The molecular weight excluding hydrogens is 402 g/mol. The summed E-state index contributed by atoms with van der Waals surface area (Å²) in [5.74, 6) is -1.48. The molecule has 0 unspecified atom stereocenters. The molecule has 1 saturated heterocycles. The molecule has 12 heteroatoms. The first kappa shape index (κ1) is 21.4. The number of likely N-dealkylation sites (tertiary alicyclic amines) is 1. The number of nitrogens with one attached hydrogen (secondary N) is 2. The summed E-state index contributed by atoms with van der Waals surface area (Å²) in [6.45, 7) is 2.55. The minimum absolute atomic E-state index is 0.0531. The summed E-state index contributed by atoms with van der Waals surface area (Å²) in [5, 5.41) is 14.6. The topological polar surface area (TPSA) is 193 Å². The highest BCUT2D eigenvalue weighted by Gasteiger charge is 2.31. The largest absolute Gasteiger partial charge is 0.368 e. The number of hydrogen-bond acceptors (Lipinski definition) is 9. The maximum absolute atomic E-state index is 12.3. The van der Waals surface area contributed by atoms with Crippen molar-refractivity contribution in [2.45, 2.75) is 19.4 Å². The molecule has 12 nitrogen and oxygen atoms in total. The van der Waals surface area contributed by atoms with Crippen LogP contribution in [0.25, 0.3) is 0 Å². The van der Waals surface area contributed by atoms with Gasteiger partial charge < -0.3 is 27.0 Å². The lowest BCUT2D eigenvalue weighted by Crippen LogP contribution is -2.49. The molecule has 3 heterocycles. The summed E-state index contributed by atoms with van der Waals surface area (Å²) < 4.78 is 0. The van der Waals surface area contributed by atoms with E-state index in [1.807, 2.05) is 0 Å². The van der Waals surface area contributed by atoms with Gasteiger partial charge in [0, 0.05) is 13.1 Å². The summed E-state index contributed by atoms with van der Waals surface area (Å²) in [5.41, 5.74) is 11.3. The number of aromatic nitrogens is 3. The molecule has 0 bridgehead atoms. The van der Waals surface area contributed by atoms with Crippen LogP contribution in [0, 0.1) is 17.2 Å². The number of primary amides is 2. The standard InChI is InChI=1S/C19H21N9O3/c1-2-12(16(21)29)26-14-7-24-15(17(22)30)18(27-14)25-11-3-4-13(23-6-11)19(31)28-8-10(5-20)9-28/h3-4,6-7,10,12H,2,8-9H2,1H3,(H2,21,29)(H2,22,30)(H2,25,26,27)/t12-/m1/s1. The summed E-state index contributed by atoms with van der Waals surface area (Å²) in [6, 6.07) is 4.56. The van der Waals surface area contributed by atoms with Crippen molar-refractivity contribution in [3.8, 4) is 6.07 Å². The average molecular weight is 423 g/mol. The van der Waals surface area contributed by atoms with E-state index in [9.17, 15) is 14.4 Å². The maximum Gasteiger partial charge on any atom is 0.272 e. The first-order valence-corrected chi connectivity index (χ1v) is 9.47. The average Bonchev–Trinajstić information content (AvgIpc) is 2.71. The lowest BCUT2D eigenvalue weighted by atomic mass is 10.0. The Morgan fingerprint density at radius 2 is 2.00 bits per heavy atom. The van der Waals surface area contributed by atoms with Gasteiger partial charge in [0.15, 0.2) is 11.5 Å². The fraction of sp³-hybridized carbons (Fsp3) is 0.316. The zero-order chi connectivity index (χ0) is 22.5. The number of hydrogen-bond donors (Lipinski definition) is 4. The van der Waals surface area contributed by atoms with E-state index < -0.39 is 17.9 Å². The molecule has 160 valence electrons. The van der Waals surface area contributed by atoms with Crippen LogP contribution < -0.4 is 22.1 Å². The van der Waals surface area contributed by atoms with Gasteiger partial charge in [0.2, 0.25) is 5.91 Å². The molecule has 0 radical (unpaired) electrons. The van der Waals surface area contributed by atoms with Crippen molar-refractivity contribution in [1.29, 1.82) is 5.26 Å². The molecule has 1 aliphatic rings. The number of nitrogens with zero attached hydrogens (tertiary/aromatic N) is 5. The van der Waals surface area contributed by atoms with E-state index in [2.05, 4.69) is 31.7 Å². The SMILES string of the molecule is CC[C@@H](Nc1cnc(C(N)=O)c(Nc2ccc(C(=O)N3CC(C#N)C3)nc2)n1)C(N)=O. The molecular formula is C19H21N9O3. The van der Waals surface area contributed by atoms with E-state index >= 15 is 0 Å². The molecule has 2 aromatic heterocycles. The van der Waals surface area contributed by atoms with E-state index in [4.69, 9.17) is 16.7 Å². The first-order chi connectivity index (χ1) is 14.8. The quantitative estimate of drug-likeness (QED) is 0.451. The van der Waals surface area contributed by atoms with Crippen molar-refractivity contribution in [1.82, 2.24) is 19.9 Å². The molecule has 6 N–H and O–H groups in total. The highest BCUT2D eigenvalue weighted by molar-refractivity contribution is 5.96. The van der Waals surface area contributed by atoms with Crippen molar-refractivity contribution >= 4 is 35.0 Å². The van der Waals surface area contributed by atoms with Gasteiger partial charge in [-0.05, 0) is 18.6 Å². The van der Waals surface area contributed by atoms with Gasteiger partial charge in [0.05, 0.1) is 30.1 Å². The first-order valence-electron chi connectivity index (χ1n) is 9.47. The van der Waals surface area contributed by atoms with Gasteiger partial charge in [-0.3, -0.25) is 14.4 Å². The van der Waals surface area contributed by atoms with Gasteiger partial charge in [-0.15, -0.1) is 0 Å². The van der Waals surface area contributed by atoms with Gasteiger partial charge in [-0.1, -0.05) is 6.92 Å². The van der Waals surface area contributed by atoms with E-state index in [0.717, 1.165) is 0 Å². The van der Waals surface area contributed by atoms with Gasteiger partial charge in [-0.2, -0.15) is 5.26 Å². The molecule has 0 aliphatic carbocycles. The summed E-state index contributed by atoms with van der Waals surface area (Å²) in [4.78, 5) is 49.4. The lowest BCUT2D eigenvalue weighted by Gasteiger charge is -2.34. The fourth-order valence-electron chi connectivity index (χ4n) is 2.90. The number of carbonyl (C=O) groups excluding carboxylic acids is 3. The summed E-state index contributed by atoms with van der Waals surface area (Å²) >= 11 is 0. The summed E-state index contributed by atoms with van der Waals surface area (Å²) in [6.07, 6.45) is 3.11. The van der Waals surface area contributed by atoms with Crippen LogP contribution in [0.1, 0.15) is 34.3 Å². The van der Waals surface area contributed by atoms with Crippen LogP contribution in [0.15, 0.2) is 24.5 Å². The summed E-state index contributed by atoms with van der Waals surface area (Å²) in [7, 11) is 0. The number of pyridine rings is 1. The van der Waals surface area contributed by atoms with E-state index in [1.165, 1.54) is 23.4 Å². The van der Waals surface area contributed by atoms with Gasteiger partial charge in [-0.25, -0.2) is 15.0 Å². The molecule has 3 rings (SSSR count).